The molecule has 4 amide bonds. The Hall–Kier alpha value is -1.67. The molecule has 1 saturated carbocycles. The minimum atomic E-state index is -0.629. The molecule has 8 heteroatoms. The number of nitrogens with one attached hydrogen (secondary N) is 2. The Morgan fingerprint density at radius 1 is 1.33 bits per heavy atom. The number of ether oxygens (including phenoxy) is 1. The summed E-state index contributed by atoms with van der Waals surface area (Å²) in [6, 6.07) is -0.259. The number of rotatable bonds is 5. The summed E-state index contributed by atoms with van der Waals surface area (Å²) in [5, 5.41) is 5.67. The van der Waals surface area contributed by atoms with E-state index in [1.165, 1.54) is 11.8 Å². The maximum absolute atomic E-state index is 12.6. The quantitative estimate of drug-likeness (QED) is 0.671. The maximum Gasteiger partial charge on any atom is 0.325 e. The van der Waals surface area contributed by atoms with Crippen LogP contribution >= 0.6 is 0 Å². The van der Waals surface area contributed by atoms with E-state index in [0.29, 0.717) is 32.8 Å². The first-order valence-electron chi connectivity index (χ1n) is 8.73. The van der Waals surface area contributed by atoms with Crippen molar-refractivity contribution >= 4 is 17.8 Å². The zero-order valence-corrected chi connectivity index (χ0v) is 14.2. The van der Waals surface area contributed by atoms with Crippen molar-refractivity contribution in [2.24, 2.45) is 0 Å². The maximum atomic E-state index is 12.6. The molecular formula is C16H26N4O4. The third kappa shape index (κ3) is 3.54. The molecule has 2 N–H and O–H groups in total. The Balaban J connectivity index is 1.49. The van der Waals surface area contributed by atoms with Gasteiger partial charge in [-0.2, -0.15) is 0 Å². The predicted molar refractivity (Wildman–Crippen MR) is 86.3 cm³/mol. The summed E-state index contributed by atoms with van der Waals surface area (Å²) in [7, 11) is 0. The van der Waals surface area contributed by atoms with E-state index in [9.17, 15) is 14.4 Å². The number of morpholine rings is 1. The van der Waals surface area contributed by atoms with Gasteiger partial charge in [-0.25, -0.2) is 4.79 Å². The molecule has 2 heterocycles. The van der Waals surface area contributed by atoms with Gasteiger partial charge in [-0.3, -0.25) is 19.4 Å². The molecule has 1 unspecified atom stereocenters. The van der Waals surface area contributed by atoms with E-state index < -0.39 is 5.54 Å². The number of hydrogen-bond donors (Lipinski definition) is 2. The molecule has 1 aliphatic carbocycles. The van der Waals surface area contributed by atoms with Gasteiger partial charge in [0.15, 0.2) is 0 Å². The third-order valence-corrected chi connectivity index (χ3v) is 5.14. The van der Waals surface area contributed by atoms with Crippen LogP contribution in [0.4, 0.5) is 4.79 Å². The molecule has 0 bridgehead atoms. The molecule has 134 valence electrons. The number of amides is 4. The van der Waals surface area contributed by atoms with Gasteiger partial charge in [-0.1, -0.05) is 12.8 Å². The van der Waals surface area contributed by atoms with Gasteiger partial charge in [0.25, 0.3) is 5.91 Å². The molecule has 3 rings (SSSR count). The van der Waals surface area contributed by atoms with Crippen molar-refractivity contribution in [3.05, 3.63) is 0 Å². The highest BCUT2D eigenvalue weighted by Gasteiger charge is 2.52. The highest BCUT2D eigenvalue weighted by molar-refractivity contribution is 6.07. The molecule has 2 saturated heterocycles. The summed E-state index contributed by atoms with van der Waals surface area (Å²) in [4.78, 5) is 39.3. The van der Waals surface area contributed by atoms with E-state index in [0.717, 1.165) is 32.2 Å². The van der Waals surface area contributed by atoms with Gasteiger partial charge in [-0.05, 0) is 12.8 Å². The molecule has 3 fully saturated rings. The van der Waals surface area contributed by atoms with Gasteiger partial charge >= 0.3 is 6.03 Å². The van der Waals surface area contributed by atoms with Crippen molar-refractivity contribution in [3.8, 4) is 0 Å². The number of carbonyl (C=O) groups is 3. The average molecular weight is 338 g/mol. The molecule has 0 aromatic rings. The molecular weight excluding hydrogens is 312 g/mol. The molecule has 1 spiro atoms. The van der Waals surface area contributed by atoms with Gasteiger partial charge in [0.2, 0.25) is 5.91 Å². The predicted octanol–water partition coefficient (Wildman–Crippen LogP) is -0.312. The van der Waals surface area contributed by atoms with E-state index in [4.69, 9.17) is 4.74 Å². The van der Waals surface area contributed by atoms with E-state index >= 15 is 0 Å². The van der Waals surface area contributed by atoms with Crippen LogP contribution < -0.4 is 10.6 Å². The van der Waals surface area contributed by atoms with Crippen LogP contribution in [0.5, 0.6) is 0 Å². The summed E-state index contributed by atoms with van der Waals surface area (Å²) in [6.45, 7) is 5.05. The van der Waals surface area contributed by atoms with E-state index in [2.05, 4.69) is 15.5 Å². The van der Waals surface area contributed by atoms with Crippen LogP contribution in [-0.2, 0) is 14.3 Å². The van der Waals surface area contributed by atoms with Gasteiger partial charge in [0.1, 0.15) is 5.54 Å². The zero-order chi connectivity index (χ0) is 17.2. The largest absolute Gasteiger partial charge is 0.374 e. The van der Waals surface area contributed by atoms with Crippen molar-refractivity contribution in [3.63, 3.8) is 0 Å². The zero-order valence-electron chi connectivity index (χ0n) is 14.2. The van der Waals surface area contributed by atoms with Crippen molar-refractivity contribution in [2.75, 3.05) is 39.3 Å². The molecule has 1 atom stereocenters. The first-order valence-corrected chi connectivity index (χ1v) is 8.73. The fourth-order valence-corrected chi connectivity index (χ4v) is 3.80. The van der Waals surface area contributed by atoms with Crippen LogP contribution in [0.3, 0.4) is 0 Å². The van der Waals surface area contributed by atoms with E-state index in [1.807, 2.05) is 0 Å². The summed E-state index contributed by atoms with van der Waals surface area (Å²) in [6.07, 6.45) is 3.45. The van der Waals surface area contributed by atoms with Crippen LogP contribution in [0, 0.1) is 0 Å². The molecule has 0 radical (unpaired) electrons. The Morgan fingerprint density at radius 2 is 2.08 bits per heavy atom. The lowest BCUT2D eigenvalue weighted by atomic mass is 9.98. The molecule has 0 aromatic carbocycles. The van der Waals surface area contributed by atoms with Gasteiger partial charge in [0, 0.05) is 39.6 Å². The normalized spacial score (nSPS) is 26.9. The molecule has 2 aliphatic heterocycles. The van der Waals surface area contributed by atoms with Crippen molar-refractivity contribution in [2.45, 2.75) is 44.2 Å². The standard InChI is InChI=1S/C16H26N4O4/c1-12(21)17-10-13-11-19(8-9-24-13)6-7-20-14(22)16(18-15(20)23)4-2-3-5-16/h13H,2-11H2,1H3,(H,17,21)(H,18,23). The molecule has 3 aliphatic rings. The van der Waals surface area contributed by atoms with Crippen molar-refractivity contribution in [1.29, 1.82) is 0 Å². The highest BCUT2D eigenvalue weighted by Crippen LogP contribution is 2.34. The Labute approximate surface area is 141 Å². The second-order valence-electron chi connectivity index (χ2n) is 6.91. The lowest BCUT2D eigenvalue weighted by Gasteiger charge is -2.33. The Morgan fingerprint density at radius 3 is 2.79 bits per heavy atom. The topological polar surface area (TPSA) is 91.0 Å². The summed E-state index contributed by atoms with van der Waals surface area (Å²) < 4.78 is 5.63. The Bertz CT molecular complexity index is 518. The fourth-order valence-electron chi connectivity index (χ4n) is 3.80. The minimum absolute atomic E-state index is 0.0491. The minimum Gasteiger partial charge on any atom is -0.374 e. The summed E-state index contributed by atoms with van der Waals surface area (Å²) in [5.41, 5.74) is -0.629. The average Bonchev–Trinajstić information content (AvgIpc) is 3.11. The van der Waals surface area contributed by atoms with Crippen molar-refractivity contribution < 1.29 is 19.1 Å². The summed E-state index contributed by atoms with van der Waals surface area (Å²) >= 11 is 0. The van der Waals surface area contributed by atoms with Crippen LogP contribution in [0.15, 0.2) is 0 Å². The highest BCUT2D eigenvalue weighted by atomic mass is 16.5. The van der Waals surface area contributed by atoms with Crippen LogP contribution in [-0.4, -0.2) is 78.6 Å². The monoisotopic (exact) mass is 338 g/mol. The SMILES string of the molecule is CC(=O)NCC1CN(CCN2C(=O)NC3(CCCC3)C2=O)CCO1. The third-order valence-electron chi connectivity index (χ3n) is 5.14. The lowest BCUT2D eigenvalue weighted by Crippen LogP contribution is -2.50. The number of imide groups is 1. The van der Waals surface area contributed by atoms with E-state index in [-0.39, 0.29) is 23.9 Å². The number of carbonyl (C=O) groups excluding carboxylic acids is 3. The van der Waals surface area contributed by atoms with E-state index in [1.54, 1.807) is 0 Å². The Kier molecular flexibility index (Phi) is 5.05. The lowest BCUT2D eigenvalue weighted by molar-refractivity contribution is -0.131. The number of nitrogens with zero attached hydrogens (tertiary/aromatic N) is 2. The first kappa shape index (κ1) is 17.2. The number of urea groups is 1. The van der Waals surface area contributed by atoms with Crippen LogP contribution in [0.2, 0.25) is 0 Å². The van der Waals surface area contributed by atoms with Gasteiger partial charge < -0.3 is 15.4 Å². The fraction of sp³-hybridized carbons (Fsp3) is 0.812. The van der Waals surface area contributed by atoms with Crippen molar-refractivity contribution in [1.82, 2.24) is 20.4 Å². The second kappa shape index (κ2) is 7.06. The molecule has 8 nitrogen and oxygen atoms in total. The smallest absolute Gasteiger partial charge is 0.325 e. The molecule has 24 heavy (non-hydrogen) atoms. The van der Waals surface area contributed by atoms with Crippen LogP contribution in [0.1, 0.15) is 32.6 Å². The van der Waals surface area contributed by atoms with Gasteiger partial charge in [-0.15, -0.1) is 0 Å². The first-order chi connectivity index (χ1) is 11.5. The number of hydrogen-bond acceptors (Lipinski definition) is 5. The van der Waals surface area contributed by atoms with Crippen LogP contribution in [0.25, 0.3) is 0 Å². The second-order valence-corrected chi connectivity index (χ2v) is 6.91. The summed E-state index contributed by atoms with van der Waals surface area (Å²) in [5.74, 6) is -0.134. The molecule has 0 aromatic heterocycles. The van der Waals surface area contributed by atoms with Gasteiger partial charge in [0.05, 0.1) is 12.7 Å².